The Morgan fingerprint density at radius 1 is 1.32 bits per heavy atom. The summed E-state index contributed by atoms with van der Waals surface area (Å²) in [5, 5.41) is 9.56. The van der Waals surface area contributed by atoms with Crippen molar-refractivity contribution in [1.29, 1.82) is 0 Å². The number of hydrogen-bond acceptors (Lipinski definition) is 5. The molecule has 2 N–H and O–H groups in total. The minimum absolute atomic E-state index is 0.00365. The van der Waals surface area contributed by atoms with Gasteiger partial charge in [0.2, 0.25) is 12.7 Å². The molecule has 0 atom stereocenters. The smallest absolute Gasteiger partial charge is 0.269 e. The van der Waals surface area contributed by atoms with E-state index in [4.69, 9.17) is 9.47 Å². The zero-order valence-electron chi connectivity index (χ0n) is 9.24. The van der Waals surface area contributed by atoms with Crippen LogP contribution in [0, 0.1) is 0 Å². The molecule has 0 unspecified atom stereocenters. The second-order valence-corrected chi connectivity index (χ2v) is 5.39. The Morgan fingerprint density at radius 2 is 2.11 bits per heavy atom. The van der Waals surface area contributed by atoms with Crippen LogP contribution in [0.3, 0.4) is 0 Å². The van der Waals surface area contributed by atoms with Gasteiger partial charge in [-0.1, -0.05) is 0 Å². The van der Waals surface area contributed by atoms with Crippen LogP contribution in [0.25, 0.3) is 11.4 Å². The van der Waals surface area contributed by atoms with E-state index in [1.165, 1.54) is 0 Å². The Labute approximate surface area is 123 Å². The zero-order chi connectivity index (χ0) is 13.6. The molecule has 2 heterocycles. The average molecular weight is 390 g/mol. The number of rotatable bonds is 1. The average Bonchev–Trinajstić information content (AvgIpc) is 2.84. The number of halogens is 2. The zero-order valence-corrected chi connectivity index (χ0v) is 12.4. The number of aromatic nitrogens is 2. The van der Waals surface area contributed by atoms with E-state index < -0.39 is 5.56 Å². The summed E-state index contributed by atoms with van der Waals surface area (Å²) in [6.07, 6.45) is 0. The second-order valence-electron chi connectivity index (χ2n) is 3.74. The van der Waals surface area contributed by atoms with Gasteiger partial charge in [0.15, 0.2) is 11.5 Å². The fourth-order valence-corrected chi connectivity index (χ4v) is 2.43. The van der Waals surface area contributed by atoms with Gasteiger partial charge in [0.05, 0.1) is 4.47 Å². The highest BCUT2D eigenvalue weighted by atomic mass is 79.9. The largest absolute Gasteiger partial charge is 0.492 e. The molecule has 2 aromatic rings. The summed E-state index contributed by atoms with van der Waals surface area (Å²) in [7, 11) is 0. The van der Waals surface area contributed by atoms with E-state index in [2.05, 4.69) is 41.8 Å². The Hall–Kier alpha value is -1.54. The number of nitrogens with zero attached hydrogens (tertiary/aromatic N) is 1. The van der Waals surface area contributed by atoms with Crippen molar-refractivity contribution in [3.05, 3.63) is 31.4 Å². The van der Waals surface area contributed by atoms with Crippen LogP contribution in [0.15, 0.2) is 25.9 Å². The predicted octanol–water partition coefficient (Wildman–Crippen LogP) is 2.40. The minimum atomic E-state index is -0.462. The third-order valence-electron chi connectivity index (χ3n) is 2.55. The summed E-state index contributed by atoms with van der Waals surface area (Å²) in [5.41, 5.74) is 0.132. The first kappa shape index (κ1) is 12.5. The van der Waals surface area contributed by atoms with E-state index in [9.17, 15) is 9.90 Å². The molecule has 19 heavy (non-hydrogen) atoms. The van der Waals surface area contributed by atoms with Crippen molar-refractivity contribution in [2.75, 3.05) is 6.79 Å². The van der Waals surface area contributed by atoms with E-state index in [-0.39, 0.29) is 23.0 Å². The summed E-state index contributed by atoms with van der Waals surface area (Å²) in [4.78, 5) is 18.0. The number of fused-ring (bicyclic) bond motifs is 1. The molecule has 1 aliphatic rings. The van der Waals surface area contributed by atoms with Crippen LogP contribution >= 0.6 is 31.9 Å². The van der Waals surface area contributed by atoms with Gasteiger partial charge in [0, 0.05) is 5.56 Å². The van der Waals surface area contributed by atoms with E-state index in [0.29, 0.717) is 21.5 Å². The molecule has 1 aromatic heterocycles. The molecular formula is C11H6Br2N2O4. The van der Waals surface area contributed by atoms with Gasteiger partial charge in [0.25, 0.3) is 5.56 Å². The van der Waals surface area contributed by atoms with Gasteiger partial charge in [-0.05, 0) is 44.0 Å². The first-order chi connectivity index (χ1) is 9.06. The van der Waals surface area contributed by atoms with E-state index in [1.54, 1.807) is 12.1 Å². The number of hydrogen-bond donors (Lipinski definition) is 2. The number of aromatic amines is 1. The minimum Gasteiger partial charge on any atom is -0.492 e. The summed E-state index contributed by atoms with van der Waals surface area (Å²) in [6.45, 7) is 0.146. The molecule has 0 fully saturated rings. The third kappa shape index (κ3) is 2.10. The van der Waals surface area contributed by atoms with Crippen molar-refractivity contribution in [2.45, 2.75) is 0 Å². The van der Waals surface area contributed by atoms with Crippen LogP contribution < -0.4 is 15.0 Å². The van der Waals surface area contributed by atoms with Crippen LogP contribution in [0.2, 0.25) is 0 Å². The summed E-state index contributed by atoms with van der Waals surface area (Å²) < 4.78 is 11.2. The molecule has 0 spiro atoms. The monoisotopic (exact) mass is 388 g/mol. The van der Waals surface area contributed by atoms with E-state index in [1.807, 2.05) is 0 Å². The Balaban J connectivity index is 2.18. The third-order valence-corrected chi connectivity index (χ3v) is 3.85. The summed E-state index contributed by atoms with van der Waals surface area (Å²) in [5.74, 6) is 1.03. The first-order valence-corrected chi connectivity index (χ1v) is 6.73. The van der Waals surface area contributed by atoms with Crippen molar-refractivity contribution in [3.8, 4) is 28.8 Å². The van der Waals surface area contributed by atoms with Gasteiger partial charge in [0.1, 0.15) is 10.3 Å². The molecule has 0 bridgehead atoms. The van der Waals surface area contributed by atoms with Gasteiger partial charge in [-0.25, -0.2) is 0 Å². The summed E-state index contributed by atoms with van der Waals surface area (Å²) in [6, 6.07) is 3.40. The highest BCUT2D eigenvalue weighted by molar-refractivity contribution is 9.10. The molecule has 0 saturated carbocycles. The van der Waals surface area contributed by atoms with Crippen molar-refractivity contribution in [3.63, 3.8) is 0 Å². The van der Waals surface area contributed by atoms with Gasteiger partial charge >= 0.3 is 0 Å². The maximum atomic E-state index is 11.6. The van der Waals surface area contributed by atoms with Crippen molar-refractivity contribution >= 4 is 31.9 Å². The molecular weight excluding hydrogens is 384 g/mol. The molecule has 0 saturated heterocycles. The van der Waals surface area contributed by atoms with Crippen molar-refractivity contribution in [1.82, 2.24) is 9.97 Å². The Kier molecular flexibility index (Phi) is 2.98. The number of aromatic hydroxyl groups is 1. The molecule has 0 radical (unpaired) electrons. The molecule has 3 rings (SSSR count). The maximum Gasteiger partial charge on any atom is 0.269 e. The van der Waals surface area contributed by atoms with Crippen molar-refractivity contribution < 1.29 is 14.6 Å². The van der Waals surface area contributed by atoms with Crippen LogP contribution in [0.1, 0.15) is 0 Å². The maximum absolute atomic E-state index is 11.6. The quantitative estimate of drug-likeness (QED) is 0.782. The van der Waals surface area contributed by atoms with Crippen molar-refractivity contribution in [2.24, 2.45) is 0 Å². The van der Waals surface area contributed by atoms with Gasteiger partial charge in [-0.15, -0.1) is 0 Å². The fourth-order valence-electron chi connectivity index (χ4n) is 1.69. The number of nitrogens with one attached hydrogen (secondary N) is 1. The van der Waals surface area contributed by atoms with Crippen LogP contribution in [0.5, 0.6) is 17.4 Å². The molecule has 1 aliphatic heterocycles. The lowest BCUT2D eigenvalue weighted by Crippen LogP contribution is -2.09. The highest BCUT2D eigenvalue weighted by Crippen LogP contribution is 2.42. The molecule has 0 aliphatic carbocycles. The molecule has 8 heteroatoms. The molecule has 0 amide bonds. The predicted molar refractivity (Wildman–Crippen MR) is 73.5 cm³/mol. The van der Waals surface area contributed by atoms with Gasteiger partial charge in [-0.2, -0.15) is 4.98 Å². The Bertz CT molecular complexity index is 729. The lowest BCUT2D eigenvalue weighted by molar-refractivity contribution is 0.173. The topological polar surface area (TPSA) is 84.4 Å². The second kappa shape index (κ2) is 4.53. The first-order valence-electron chi connectivity index (χ1n) is 5.14. The van der Waals surface area contributed by atoms with Crippen LogP contribution in [-0.2, 0) is 0 Å². The molecule has 98 valence electrons. The number of ether oxygens (including phenoxy) is 2. The SMILES string of the molecule is O=c1[nH]c(-c2cc(Br)c3c(c2)OCO3)nc(O)c1Br. The fraction of sp³-hybridized carbons (Fsp3) is 0.0909. The lowest BCUT2D eigenvalue weighted by Gasteiger charge is -2.05. The molecule has 6 nitrogen and oxygen atoms in total. The van der Waals surface area contributed by atoms with E-state index in [0.717, 1.165) is 0 Å². The highest BCUT2D eigenvalue weighted by Gasteiger charge is 2.20. The number of benzene rings is 1. The Morgan fingerprint density at radius 3 is 2.84 bits per heavy atom. The summed E-state index contributed by atoms with van der Waals surface area (Å²) >= 11 is 6.29. The van der Waals surface area contributed by atoms with Crippen LogP contribution in [-0.4, -0.2) is 21.9 Å². The number of H-pyrrole nitrogens is 1. The van der Waals surface area contributed by atoms with Crippen LogP contribution in [0.4, 0.5) is 0 Å². The lowest BCUT2D eigenvalue weighted by atomic mass is 10.2. The molecule has 1 aromatic carbocycles. The standard InChI is InChI=1S/C11H6Br2N2O4/c12-5-1-4(2-6-8(5)19-3-18-6)9-14-10(16)7(13)11(17)15-9/h1-2H,3H2,(H2,14,15,16,17). The van der Waals surface area contributed by atoms with E-state index >= 15 is 0 Å². The van der Waals surface area contributed by atoms with Gasteiger partial charge < -0.3 is 19.6 Å². The van der Waals surface area contributed by atoms with Gasteiger partial charge in [-0.3, -0.25) is 4.79 Å². The normalized spacial score (nSPS) is 12.7.